The van der Waals surface area contributed by atoms with Crippen molar-refractivity contribution in [3.8, 4) is 22.5 Å². The molecule has 8 nitrogen and oxygen atoms in total. The van der Waals surface area contributed by atoms with Gasteiger partial charge < -0.3 is 4.98 Å². The highest BCUT2D eigenvalue weighted by Gasteiger charge is 2.49. The monoisotopic (exact) mass is 382 g/mol. The second-order valence-electron chi connectivity index (χ2n) is 7.56. The van der Waals surface area contributed by atoms with Gasteiger partial charge in [-0.05, 0) is 30.5 Å². The van der Waals surface area contributed by atoms with Gasteiger partial charge in [0.25, 0.3) is 0 Å². The molecule has 0 aliphatic heterocycles. The molecule has 0 amide bonds. The van der Waals surface area contributed by atoms with Gasteiger partial charge in [-0.3, -0.25) is 14.8 Å². The van der Waals surface area contributed by atoms with E-state index in [1.807, 2.05) is 44.1 Å². The van der Waals surface area contributed by atoms with Crippen LogP contribution < -0.4 is 0 Å². The fraction of sp³-hybridized carbons (Fsp3) is 0.190. The highest BCUT2D eigenvalue weighted by Crippen LogP contribution is 2.52. The lowest BCUT2D eigenvalue weighted by Gasteiger charge is -2.10. The first-order chi connectivity index (χ1) is 14.2. The first-order valence-corrected chi connectivity index (χ1v) is 9.53. The lowest BCUT2D eigenvalue weighted by molar-refractivity contribution is 0.756. The Morgan fingerprint density at radius 3 is 2.83 bits per heavy atom. The van der Waals surface area contributed by atoms with Gasteiger partial charge in [-0.25, -0.2) is 9.97 Å². The average Bonchev–Trinajstić information content (AvgIpc) is 3.10. The molecular weight excluding hydrogens is 364 g/mol. The number of hydrogen-bond acceptors (Lipinski definition) is 5. The molecule has 0 atom stereocenters. The first kappa shape index (κ1) is 16.2. The normalized spacial score (nSPS) is 15.1. The number of H-pyrrole nitrogens is 2. The van der Waals surface area contributed by atoms with E-state index in [-0.39, 0.29) is 5.41 Å². The van der Waals surface area contributed by atoms with Crippen LogP contribution in [0, 0.1) is 0 Å². The summed E-state index contributed by atoms with van der Waals surface area (Å²) in [6.07, 6.45) is 13.4. The maximum absolute atomic E-state index is 4.86. The Morgan fingerprint density at radius 1 is 1.14 bits per heavy atom. The number of rotatable bonds is 4. The van der Waals surface area contributed by atoms with Crippen LogP contribution in [0.4, 0.5) is 0 Å². The zero-order valence-corrected chi connectivity index (χ0v) is 15.8. The van der Waals surface area contributed by atoms with Gasteiger partial charge in [0.1, 0.15) is 11.5 Å². The van der Waals surface area contributed by atoms with Crippen molar-refractivity contribution < 1.29 is 0 Å². The van der Waals surface area contributed by atoms with Gasteiger partial charge in [-0.15, -0.1) is 0 Å². The third-order valence-corrected chi connectivity index (χ3v) is 5.71. The zero-order chi connectivity index (χ0) is 19.4. The van der Waals surface area contributed by atoms with Crippen LogP contribution in [0.25, 0.3) is 33.5 Å². The molecule has 5 aromatic heterocycles. The van der Waals surface area contributed by atoms with Crippen molar-refractivity contribution in [2.24, 2.45) is 7.05 Å². The predicted octanol–water partition coefficient (Wildman–Crippen LogP) is 3.22. The standard InChI is InChI=1S/C21H18N8/c1-29-12-14(9-25-29)13-7-16-17(11-24-18(16)23-8-13)19-26-20(28-27-19)21(4-5-21)15-3-2-6-22-10-15/h2-3,6-12H,4-5H2,1H3,(H,23,24)(H,26,27,28). The van der Waals surface area contributed by atoms with Gasteiger partial charge in [0, 0.05) is 60.1 Å². The Morgan fingerprint density at radius 2 is 2.07 bits per heavy atom. The van der Waals surface area contributed by atoms with Crippen molar-refractivity contribution >= 4 is 11.0 Å². The molecule has 0 radical (unpaired) electrons. The van der Waals surface area contributed by atoms with E-state index in [1.165, 1.54) is 5.56 Å². The maximum Gasteiger partial charge on any atom is 0.183 e. The molecule has 1 saturated carbocycles. The molecule has 5 heterocycles. The smallest absolute Gasteiger partial charge is 0.183 e. The van der Waals surface area contributed by atoms with E-state index < -0.39 is 0 Å². The van der Waals surface area contributed by atoms with E-state index in [2.05, 4.69) is 42.4 Å². The lowest BCUT2D eigenvalue weighted by Crippen LogP contribution is -2.11. The summed E-state index contributed by atoms with van der Waals surface area (Å²) in [6, 6.07) is 6.19. The maximum atomic E-state index is 4.86. The molecular formula is C21H18N8. The molecule has 1 fully saturated rings. The Kier molecular flexibility index (Phi) is 3.26. The summed E-state index contributed by atoms with van der Waals surface area (Å²) >= 11 is 0. The summed E-state index contributed by atoms with van der Waals surface area (Å²) in [5.74, 6) is 1.57. The molecule has 0 saturated heterocycles. The number of hydrogen-bond donors (Lipinski definition) is 2. The lowest BCUT2D eigenvalue weighted by atomic mass is 9.97. The largest absolute Gasteiger partial charge is 0.345 e. The molecule has 0 unspecified atom stereocenters. The summed E-state index contributed by atoms with van der Waals surface area (Å²) in [4.78, 5) is 16.9. The molecule has 142 valence electrons. The number of pyridine rings is 2. The van der Waals surface area contributed by atoms with Crippen LogP contribution in [-0.4, -0.2) is 39.9 Å². The van der Waals surface area contributed by atoms with Crippen LogP contribution in [0.15, 0.2) is 55.4 Å². The molecule has 0 spiro atoms. The molecule has 1 aliphatic rings. The zero-order valence-electron chi connectivity index (χ0n) is 15.8. The van der Waals surface area contributed by atoms with Gasteiger partial charge in [0.05, 0.1) is 11.6 Å². The van der Waals surface area contributed by atoms with Crippen LogP contribution >= 0.6 is 0 Å². The number of fused-ring (bicyclic) bond motifs is 1. The van der Waals surface area contributed by atoms with Crippen molar-refractivity contribution in [3.63, 3.8) is 0 Å². The average molecular weight is 382 g/mol. The Bertz CT molecular complexity index is 1320. The quantitative estimate of drug-likeness (QED) is 0.497. The number of nitrogens with zero attached hydrogens (tertiary/aromatic N) is 6. The minimum atomic E-state index is -0.0925. The Labute approximate surface area is 166 Å². The SMILES string of the molecule is Cn1cc(-c2cnc3[nH]cc(-c4n[nH]c(C5(c6cccnc6)CC5)n4)c3c2)cn1. The second-order valence-corrected chi connectivity index (χ2v) is 7.56. The minimum absolute atomic E-state index is 0.0925. The van der Waals surface area contributed by atoms with Crippen LogP contribution in [0.2, 0.25) is 0 Å². The number of aryl methyl sites for hydroxylation is 1. The molecule has 29 heavy (non-hydrogen) atoms. The summed E-state index contributed by atoms with van der Waals surface area (Å²) in [5, 5.41) is 12.9. The van der Waals surface area contributed by atoms with E-state index in [0.717, 1.165) is 46.4 Å². The molecule has 5 aromatic rings. The highest BCUT2D eigenvalue weighted by atomic mass is 15.2. The van der Waals surface area contributed by atoms with E-state index in [9.17, 15) is 0 Å². The van der Waals surface area contributed by atoms with Crippen molar-refractivity contribution in [2.45, 2.75) is 18.3 Å². The highest BCUT2D eigenvalue weighted by molar-refractivity contribution is 5.94. The molecule has 8 heteroatoms. The van der Waals surface area contributed by atoms with Gasteiger partial charge in [0.15, 0.2) is 5.82 Å². The van der Waals surface area contributed by atoms with Gasteiger partial charge >= 0.3 is 0 Å². The van der Waals surface area contributed by atoms with E-state index in [1.54, 1.807) is 10.9 Å². The number of nitrogens with one attached hydrogen (secondary N) is 2. The third kappa shape index (κ3) is 2.49. The first-order valence-electron chi connectivity index (χ1n) is 9.53. The summed E-state index contributed by atoms with van der Waals surface area (Å²) in [7, 11) is 1.91. The van der Waals surface area contributed by atoms with Crippen LogP contribution in [-0.2, 0) is 12.5 Å². The fourth-order valence-electron chi connectivity index (χ4n) is 3.95. The number of aromatic nitrogens is 8. The summed E-state index contributed by atoms with van der Waals surface area (Å²) in [5.41, 5.74) is 4.87. The Balaban J connectivity index is 1.42. The van der Waals surface area contributed by atoms with E-state index >= 15 is 0 Å². The molecule has 6 rings (SSSR count). The van der Waals surface area contributed by atoms with Gasteiger partial charge in [-0.1, -0.05) is 6.07 Å². The fourth-order valence-corrected chi connectivity index (χ4v) is 3.95. The van der Waals surface area contributed by atoms with E-state index in [4.69, 9.17) is 4.98 Å². The summed E-state index contributed by atoms with van der Waals surface area (Å²) in [6.45, 7) is 0. The van der Waals surface area contributed by atoms with Gasteiger partial charge in [-0.2, -0.15) is 10.2 Å². The van der Waals surface area contributed by atoms with Crippen molar-refractivity contribution in [1.29, 1.82) is 0 Å². The van der Waals surface area contributed by atoms with Crippen molar-refractivity contribution in [3.05, 3.63) is 66.8 Å². The minimum Gasteiger partial charge on any atom is -0.345 e. The molecule has 1 aliphatic carbocycles. The van der Waals surface area contributed by atoms with Gasteiger partial charge in [0.2, 0.25) is 0 Å². The number of aromatic amines is 2. The van der Waals surface area contributed by atoms with Crippen molar-refractivity contribution in [2.75, 3.05) is 0 Å². The molecule has 2 N–H and O–H groups in total. The van der Waals surface area contributed by atoms with Crippen LogP contribution in [0.5, 0.6) is 0 Å². The third-order valence-electron chi connectivity index (χ3n) is 5.71. The topological polar surface area (TPSA) is 101 Å². The molecule has 0 bridgehead atoms. The second kappa shape index (κ2) is 5.84. The Hall–Kier alpha value is -3.81. The molecule has 0 aromatic carbocycles. The van der Waals surface area contributed by atoms with Crippen LogP contribution in [0.1, 0.15) is 24.2 Å². The van der Waals surface area contributed by atoms with E-state index in [0.29, 0.717) is 5.82 Å². The van der Waals surface area contributed by atoms with Crippen LogP contribution in [0.3, 0.4) is 0 Å². The predicted molar refractivity (Wildman–Crippen MR) is 108 cm³/mol. The summed E-state index contributed by atoms with van der Waals surface area (Å²) < 4.78 is 1.78. The van der Waals surface area contributed by atoms with Crippen molar-refractivity contribution in [1.82, 2.24) is 39.9 Å².